The van der Waals surface area contributed by atoms with Crippen molar-refractivity contribution in [2.75, 3.05) is 30.8 Å². The van der Waals surface area contributed by atoms with Crippen LogP contribution >= 0.6 is 0 Å². The van der Waals surface area contributed by atoms with Gasteiger partial charge in [0.25, 0.3) is 5.91 Å². The summed E-state index contributed by atoms with van der Waals surface area (Å²) in [7, 11) is 1.62. The van der Waals surface area contributed by atoms with E-state index in [0.717, 1.165) is 60.2 Å². The number of rotatable bonds is 15. The molecular weight excluding hydrogens is 454 g/mol. The molecule has 0 aliphatic rings. The van der Waals surface area contributed by atoms with Gasteiger partial charge in [0.1, 0.15) is 0 Å². The molecule has 0 spiro atoms. The summed E-state index contributed by atoms with van der Waals surface area (Å²) in [6, 6.07) is 15.9. The number of nitrogens with one attached hydrogen (secondary N) is 4. The number of amides is 2. The van der Waals surface area contributed by atoms with Gasteiger partial charge < -0.3 is 26.4 Å². The van der Waals surface area contributed by atoms with E-state index in [1.54, 1.807) is 13.2 Å². The molecule has 192 valence electrons. The van der Waals surface area contributed by atoms with E-state index in [2.05, 4.69) is 32.3 Å². The smallest absolute Gasteiger partial charge is 0.404 e. The largest absolute Gasteiger partial charge is 0.465 e. The Labute approximate surface area is 212 Å². The molecule has 0 aliphatic heterocycles. The van der Waals surface area contributed by atoms with E-state index in [1.165, 1.54) is 25.7 Å². The summed E-state index contributed by atoms with van der Waals surface area (Å²) >= 11 is 0. The third-order valence-corrected chi connectivity index (χ3v) is 6.09. The zero-order chi connectivity index (χ0) is 25.6. The Bertz CT molecular complexity index is 1120. The minimum absolute atomic E-state index is 0.182. The molecule has 0 unspecified atom stereocenters. The van der Waals surface area contributed by atoms with Crippen LogP contribution in [-0.2, 0) is 0 Å². The zero-order valence-corrected chi connectivity index (χ0v) is 21.0. The minimum Gasteiger partial charge on any atom is -0.465 e. The van der Waals surface area contributed by atoms with Gasteiger partial charge in [-0.25, -0.2) is 4.79 Å². The quantitative estimate of drug-likeness (QED) is 0.163. The van der Waals surface area contributed by atoms with Crippen molar-refractivity contribution < 1.29 is 14.7 Å². The van der Waals surface area contributed by atoms with Gasteiger partial charge in [-0.1, -0.05) is 56.7 Å². The Balaban J connectivity index is 1.50. The molecule has 0 fully saturated rings. The number of unbranched alkanes of at least 4 members (excludes halogenated alkanes) is 7. The molecule has 5 N–H and O–H groups in total. The van der Waals surface area contributed by atoms with E-state index in [4.69, 9.17) is 5.11 Å². The average molecular weight is 492 g/mol. The first-order chi connectivity index (χ1) is 17.6. The van der Waals surface area contributed by atoms with Crippen molar-refractivity contribution in [3.8, 4) is 0 Å². The molecule has 0 saturated heterocycles. The van der Waals surface area contributed by atoms with Crippen LogP contribution in [0.2, 0.25) is 0 Å². The third-order valence-electron chi connectivity index (χ3n) is 6.09. The normalized spacial score (nSPS) is 10.7. The number of benzene rings is 2. The Kier molecular flexibility index (Phi) is 10.8. The van der Waals surface area contributed by atoms with E-state index in [0.29, 0.717) is 12.1 Å². The molecule has 3 aromatic rings. The monoisotopic (exact) mass is 491 g/mol. The Morgan fingerprint density at radius 3 is 2.17 bits per heavy atom. The van der Waals surface area contributed by atoms with E-state index in [9.17, 15) is 9.59 Å². The SMILES string of the molecule is CNC(=O)c1cnc2ccc(NCCCCCCCCCCNC(=O)O)cc2c1Nc1ccccc1. The second-order valence-electron chi connectivity index (χ2n) is 8.84. The van der Waals surface area contributed by atoms with Gasteiger partial charge >= 0.3 is 6.09 Å². The average Bonchev–Trinajstić information content (AvgIpc) is 2.89. The molecule has 1 heterocycles. The summed E-state index contributed by atoms with van der Waals surface area (Å²) < 4.78 is 0. The zero-order valence-electron chi connectivity index (χ0n) is 21.0. The maximum atomic E-state index is 12.5. The molecule has 3 rings (SSSR count). The van der Waals surface area contributed by atoms with Crippen molar-refractivity contribution in [3.05, 3.63) is 60.3 Å². The highest BCUT2D eigenvalue weighted by molar-refractivity contribution is 6.08. The number of nitrogens with zero attached hydrogens (tertiary/aromatic N) is 1. The number of para-hydroxylation sites is 1. The number of hydrogen-bond donors (Lipinski definition) is 5. The van der Waals surface area contributed by atoms with Crippen molar-refractivity contribution in [2.45, 2.75) is 51.4 Å². The van der Waals surface area contributed by atoms with Crippen molar-refractivity contribution in [1.29, 1.82) is 0 Å². The molecule has 8 heteroatoms. The number of carbonyl (C=O) groups is 2. The Hall–Kier alpha value is -3.81. The van der Waals surface area contributed by atoms with Gasteiger partial charge in [-0.2, -0.15) is 0 Å². The van der Waals surface area contributed by atoms with E-state index in [1.807, 2.05) is 42.5 Å². The van der Waals surface area contributed by atoms with Crippen molar-refractivity contribution in [2.24, 2.45) is 0 Å². The summed E-state index contributed by atoms with van der Waals surface area (Å²) in [4.78, 5) is 27.4. The van der Waals surface area contributed by atoms with Crippen molar-refractivity contribution in [1.82, 2.24) is 15.6 Å². The lowest BCUT2D eigenvalue weighted by atomic mass is 10.1. The highest BCUT2D eigenvalue weighted by Gasteiger charge is 2.15. The highest BCUT2D eigenvalue weighted by atomic mass is 16.4. The third kappa shape index (κ3) is 8.45. The number of fused-ring (bicyclic) bond motifs is 1. The van der Waals surface area contributed by atoms with Crippen LogP contribution in [0.5, 0.6) is 0 Å². The van der Waals surface area contributed by atoms with Gasteiger partial charge in [0.05, 0.1) is 16.8 Å². The van der Waals surface area contributed by atoms with Gasteiger partial charge in [0.15, 0.2) is 0 Å². The van der Waals surface area contributed by atoms with E-state index >= 15 is 0 Å². The van der Waals surface area contributed by atoms with Crippen LogP contribution in [0, 0.1) is 0 Å². The first kappa shape index (κ1) is 26.8. The number of carbonyl (C=O) groups excluding carboxylic acids is 1. The van der Waals surface area contributed by atoms with Gasteiger partial charge in [0, 0.05) is 43.1 Å². The number of hydrogen-bond acceptors (Lipinski definition) is 5. The molecule has 0 atom stereocenters. The highest BCUT2D eigenvalue weighted by Crippen LogP contribution is 2.31. The first-order valence-corrected chi connectivity index (χ1v) is 12.8. The van der Waals surface area contributed by atoms with Crippen molar-refractivity contribution in [3.63, 3.8) is 0 Å². The Morgan fingerprint density at radius 2 is 1.50 bits per heavy atom. The lowest BCUT2D eigenvalue weighted by Gasteiger charge is -2.15. The van der Waals surface area contributed by atoms with Crippen LogP contribution in [0.15, 0.2) is 54.7 Å². The topological polar surface area (TPSA) is 115 Å². The maximum absolute atomic E-state index is 12.5. The minimum atomic E-state index is -0.943. The number of aromatic nitrogens is 1. The fourth-order valence-corrected chi connectivity index (χ4v) is 4.15. The molecule has 2 amide bonds. The second kappa shape index (κ2) is 14.6. The molecule has 0 radical (unpaired) electrons. The van der Waals surface area contributed by atoms with Crippen LogP contribution in [-0.4, -0.2) is 42.2 Å². The van der Waals surface area contributed by atoms with Gasteiger partial charge in [-0.3, -0.25) is 9.78 Å². The second-order valence-corrected chi connectivity index (χ2v) is 8.84. The molecule has 0 bridgehead atoms. The van der Waals surface area contributed by atoms with Gasteiger partial charge in [-0.15, -0.1) is 0 Å². The standard InChI is InChI=1S/C28H37N5O3/c1-29-27(34)24-20-32-25-16-15-22(19-23(25)26(24)33-21-13-9-8-10-14-21)30-17-11-6-4-2-3-5-7-12-18-31-28(35)36/h8-10,13-16,19-20,30-31H,2-7,11-12,17-18H2,1H3,(H,29,34)(H,32,33)(H,35,36). The molecule has 2 aromatic carbocycles. The molecule has 0 aliphatic carbocycles. The van der Waals surface area contributed by atoms with E-state index in [-0.39, 0.29) is 5.91 Å². The molecule has 8 nitrogen and oxygen atoms in total. The van der Waals surface area contributed by atoms with Crippen LogP contribution in [0.25, 0.3) is 10.9 Å². The molecule has 36 heavy (non-hydrogen) atoms. The van der Waals surface area contributed by atoms with Gasteiger partial charge in [-0.05, 0) is 43.2 Å². The molecule has 1 aromatic heterocycles. The summed E-state index contributed by atoms with van der Waals surface area (Å²) in [6.07, 6.45) is 9.68. The van der Waals surface area contributed by atoms with E-state index < -0.39 is 6.09 Å². The lowest BCUT2D eigenvalue weighted by molar-refractivity contribution is 0.0963. The van der Waals surface area contributed by atoms with Crippen LogP contribution < -0.4 is 21.3 Å². The van der Waals surface area contributed by atoms with Crippen LogP contribution in [0.1, 0.15) is 61.7 Å². The predicted molar refractivity (Wildman–Crippen MR) is 146 cm³/mol. The number of carboxylic acid groups (broad SMARTS) is 1. The predicted octanol–water partition coefficient (Wildman–Crippen LogP) is 6.14. The fraction of sp³-hybridized carbons (Fsp3) is 0.393. The lowest BCUT2D eigenvalue weighted by Crippen LogP contribution is -2.21. The number of pyridine rings is 1. The maximum Gasteiger partial charge on any atom is 0.404 e. The van der Waals surface area contributed by atoms with Crippen LogP contribution in [0.4, 0.5) is 21.9 Å². The molecular formula is C28H37N5O3. The summed E-state index contributed by atoms with van der Waals surface area (Å²) in [6.45, 7) is 1.43. The van der Waals surface area contributed by atoms with Crippen molar-refractivity contribution >= 4 is 40.0 Å². The van der Waals surface area contributed by atoms with Gasteiger partial charge in [0.2, 0.25) is 0 Å². The summed E-state index contributed by atoms with van der Waals surface area (Å²) in [5, 5.41) is 21.5. The Morgan fingerprint density at radius 1 is 0.833 bits per heavy atom. The fourth-order valence-electron chi connectivity index (χ4n) is 4.15. The summed E-state index contributed by atoms with van der Waals surface area (Å²) in [5.41, 5.74) is 3.98. The number of anilines is 3. The molecule has 0 saturated carbocycles. The first-order valence-electron chi connectivity index (χ1n) is 12.8. The van der Waals surface area contributed by atoms with Crippen LogP contribution in [0.3, 0.4) is 0 Å². The summed E-state index contributed by atoms with van der Waals surface area (Å²) in [5.74, 6) is -0.182.